The topological polar surface area (TPSA) is 82.5 Å². The fourth-order valence-corrected chi connectivity index (χ4v) is 5.25. The molecule has 9 heteroatoms. The third kappa shape index (κ3) is 4.74. The summed E-state index contributed by atoms with van der Waals surface area (Å²) in [5, 5.41) is 1.01. The Kier molecular flexibility index (Phi) is 6.21. The van der Waals surface area contributed by atoms with E-state index in [-0.39, 0.29) is 11.7 Å². The zero-order chi connectivity index (χ0) is 25.4. The van der Waals surface area contributed by atoms with Crippen LogP contribution in [0.15, 0.2) is 83.1 Å². The molecule has 0 unspecified atom stereocenters. The summed E-state index contributed by atoms with van der Waals surface area (Å²) in [4.78, 5) is 28.9. The van der Waals surface area contributed by atoms with Gasteiger partial charge in [0.05, 0.1) is 19.2 Å². The van der Waals surface area contributed by atoms with Crippen molar-refractivity contribution in [1.82, 2.24) is 14.4 Å². The molecule has 0 saturated carbocycles. The van der Waals surface area contributed by atoms with Gasteiger partial charge in [0, 0.05) is 44.2 Å². The third-order valence-electron chi connectivity index (χ3n) is 7.16. The van der Waals surface area contributed by atoms with Crippen LogP contribution in [0.4, 0.5) is 4.79 Å². The van der Waals surface area contributed by atoms with Crippen LogP contribution in [0.5, 0.6) is 5.75 Å². The number of amides is 1. The Bertz CT molecular complexity index is 1400. The summed E-state index contributed by atoms with van der Waals surface area (Å²) in [6.45, 7) is 3.32. The molecule has 0 N–H and O–H groups in total. The van der Waals surface area contributed by atoms with Gasteiger partial charge in [-0.25, -0.2) is 9.69 Å². The normalized spacial score (nSPS) is 22.0. The van der Waals surface area contributed by atoms with Gasteiger partial charge in [0.1, 0.15) is 18.1 Å². The summed E-state index contributed by atoms with van der Waals surface area (Å²) in [6.07, 6.45) is 10.2. The molecule has 0 radical (unpaired) electrons. The zero-order valence-electron chi connectivity index (χ0n) is 20.7. The Balaban J connectivity index is 1.04. The molecule has 1 atom stereocenters. The number of pyridine rings is 1. The SMILES string of the molecule is COc1ccc2ccc(=O)n(CC3CN(C[C@@H]4CN(C5=COC=C(C6=CC=CCC6)O5)C(=O)O4)C3)c2c1. The van der Waals surface area contributed by atoms with E-state index in [1.807, 2.05) is 41.0 Å². The molecule has 0 bridgehead atoms. The molecular formula is C28H29N3O6. The van der Waals surface area contributed by atoms with E-state index in [4.69, 9.17) is 18.9 Å². The molecule has 1 aromatic heterocycles. The van der Waals surface area contributed by atoms with Gasteiger partial charge < -0.3 is 23.5 Å². The van der Waals surface area contributed by atoms with Gasteiger partial charge in [-0.05, 0) is 42.0 Å². The lowest BCUT2D eigenvalue weighted by Gasteiger charge is -2.40. The second-order valence-corrected chi connectivity index (χ2v) is 9.74. The van der Waals surface area contributed by atoms with E-state index in [0.29, 0.717) is 37.2 Å². The highest BCUT2D eigenvalue weighted by Crippen LogP contribution is 2.30. The lowest BCUT2D eigenvalue weighted by atomic mass is 9.99. The first-order valence-corrected chi connectivity index (χ1v) is 12.6. The van der Waals surface area contributed by atoms with Crippen LogP contribution in [-0.4, -0.2) is 59.9 Å². The van der Waals surface area contributed by atoms with E-state index < -0.39 is 6.09 Å². The van der Waals surface area contributed by atoms with E-state index >= 15 is 0 Å². The second-order valence-electron chi connectivity index (χ2n) is 9.74. The lowest BCUT2D eigenvalue weighted by molar-refractivity contribution is 0.0406. The maximum Gasteiger partial charge on any atom is 0.417 e. The number of cyclic esters (lactones) is 1. The van der Waals surface area contributed by atoms with Crippen molar-refractivity contribution in [2.24, 2.45) is 5.92 Å². The van der Waals surface area contributed by atoms with Gasteiger partial charge in [-0.2, -0.15) is 0 Å². The third-order valence-corrected chi connectivity index (χ3v) is 7.16. The van der Waals surface area contributed by atoms with Crippen molar-refractivity contribution in [2.75, 3.05) is 33.3 Å². The molecule has 37 heavy (non-hydrogen) atoms. The molecule has 0 spiro atoms. The van der Waals surface area contributed by atoms with Gasteiger partial charge in [-0.3, -0.25) is 9.69 Å². The largest absolute Gasteiger partial charge is 0.497 e. The summed E-state index contributed by atoms with van der Waals surface area (Å²) < 4.78 is 24.3. The van der Waals surface area contributed by atoms with Crippen molar-refractivity contribution in [3.63, 3.8) is 0 Å². The van der Waals surface area contributed by atoms with Crippen LogP contribution < -0.4 is 10.3 Å². The number of carbonyl (C=O) groups excluding carboxylic acids is 1. The number of ether oxygens (including phenoxy) is 4. The molecule has 4 heterocycles. The molecule has 1 aromatic carbocycles. The minimum atomic E-state index is -0.438. The fraction of sp³-hybridized carbons (Fsp3) is 0.357. The molecule has 2 fully saturated rings. The van der Waals surface area contributed by atoms with Crippen LogP contribution in [0.2, 0.25) is 0 Å². The molecule has 1 aliphatic carbocycles. The first kappa shape index (κ1) is 23.4. The van der Waals surface area contributed by atoms with E-state index in [9.17, 15) is 9.59 Å². The Morgan fingerprint density at radius 3 is 2.73 bits per heavy atom. The molecule has 192 valence electrons. The number of rotatable bonds is 7. The van der Waals surface area contributed by atoms with Crippen LogP contribution in [-0.2, 0) is 20.8 Å². The predicted octanol–water partition coefficient (Wildman–Crippen LogP) is 3.73. The van der Waals surface area contributed by atoms with Crippen molar-refractivity contribution >= 4 is 17.0 Å². The molecule has 9 nitrogen and oxygen atoms in total. The predicted molar refractivity (Wildman–Crippen MR) is 136 cm³/mol. The van der Waals surface area contributed by atoms with Crippen molar-refractivity contribution in [3.8, 4) is 5.75 Å². The van der Waals surface area contributed by atoms with Crippen molar-refractivity contribution in [1.29, 1.82) is 0 Å². The summed E-state index contributed by atoms with van der Waals surface area (Å²) >= 11 is 0. The summed E-state index contributed by atoms with van der Waals surface area (Å²) in [5.74, 6) is 2.02. The highest BCUT2D eigenvalue weighted by Gasteiger charge is 2.39. The zero-order valence-corrected chi connectivity index (χ0v) is 20.7. The number of benzene rings is 1. The number of methoxy groups -OCH3 is 1. The van der Waals surface area contributed by atoms with E-state index in [1.165, 1.54) is 11.2 Å². The molecule has 6 rings (SSSR count). The lowest BCUT2D eigenvalue weighted by Crippen LogP contribution is -2.52. The van der Waals surface area contributed by atoms with Crippen LogP contribution in [0.25, 0.3) is 10.9 Å². The van der Waals surface area contributed by atoms with Gasteiger partial charge in [0.15, 0.2) is 12.0 Å². The van der Waals surface area contributed by atoms with Gasteiger partial charge in [0.2, 0.25) is 5.88 Å². The number of likely N-dealkylation sites (tertiary alicyclic amines) is 1. The van der Waals surface area contributed by atoms with Gasteiger partial charge in [-0.1, -0.05) is 18.2 Å². The Morgan fingerprint density at radius 1 is 1.05 bits per heavy atom. The number of allylic oxidation sites excluding steroid dienone is 4. The number of fused-ring (bicyclic) bond motifs is 1. The minimum Gasteiger partial charge on any atom is -0.497 e. The number of hydrogen-bond donors (Lipinski definition) is 0. The van der Waals surface area contributed by atoms with Crippen molar-refractivity contribution in [2.45, 2.75) is 25.5 Å². The fourth-order valence-electron chi connectivity index (χ4n) is 5.25. The smallest absolute Gasteiger partial charge is 0.417 e. The molecule has 3 aliphatic heterocycles. The number of nitrogens with zero attached hydrogens (tertiary/aromatic N) is 3. The average Bonchev–Trinajstić information content (AvgIpc) is 3.28. The average molecular weight is 504 g/mol. The van der Waals surface area contributed by atoms with Crippen molar-refractivity contribution in [3.05, 3.63) is 88.7 Å². The van der Waals surface area contributed by atoms with Gasteiger partial charge in [0.25, 0.3) is 5.56 Å². The second kappa shape index (κ2) is 9.82. The Labute approximate surface area is 214 Å². The number of hydrogen-bond acceptors (Lipinski definition) is 7. The Hall–Kier alpha value is -3.98. The quantitative estimate of drug-likeness (QED) is 0.570. The monoisotopic (exact) mass is 503 g/mol. The number of carbonyl (C=O) groups is 1. The van der Waals surface area contributed by atoms with E-state index in [1.54, 1.807) is 19.4 Å². The van der Waals surface area contributed by atoms with Crippen LogP contribution >= 0.6 is 0 Å². The van der Waals surface area contributed by atoms with Crippen molar-refractivity contribution < 1.29 is 23.7 Å². The summed E-state index contributed by atoms with van der Waals surface area (Å²) in [6, 6.07) is 9.24. The summed E-state index contributed by atoms with van der Waals surface area (Å²) in [7, 11) is 1.62. The van der Waals surface area contributed by atoms with E-state index in [2.05, 4.69) is 11.0 Å². The molecular weight excluding hydrogens is 474 g/mol. The number of aromatic nitrogens is 1. The van der Waals surface area contributed by atoms with Crippen LogP contribution in [0.3, 0.4) is 0 Å². The Morgan fingerprint density at radius 2 is 1.92 bits per heavy atom. The van der Waals surface area contributed by atoms with Gasteiger partial charge in [-0.15, -0.1) is 0 Å². The highest BCUT2D eigenvalue weighted by atomic mass is 16.6. The first-order valence-electron chi connectivity index (χ1n) is 12.6. The standard InChI is InChI=1S/C28H29N3O6/c1-34-22-9-7-20-8-10-26(32)30(24(20)11-22)14-19-12-29(13-19)15-23-16-31(28(33)36-23)27-18-35-17-25(37-27)21-5-3-2-4-6-21/h2-3,5,7-11,17-19,23H,4,6,12-16H2,1H3/t23-/m1/s1. The van der Waals surface area contributed by atoms with Gasteiger partial charge >= 0.3 is 6.09 Å². The molecule has 2 aromatic rings. The van der Waals surface area contributed by atoms with E-state index in [0.717, 1.165) is 48.2 Å². The molecule has 1 amide bonds. The molecule has 2 saturated heterocycles. The minimum absolute atomic E-state index is 0.0176. The van der Waals surface area contributed by atoms with Crippen LogP contribution in [0, 0.1) is 5.92 Å². The summed E-state index contributed by atoms with van der Waals surface area (Å²) in [5.41, 5.74) is 1.89. The maximum absolute atomic E-state index is 12.6. The van der Waals surface area contributed by atoms with Crippen LogP contribution in [0.1, 0.15) is 12.8 Å². The molecule has 4 aliphatic rings. The maximum atomic E-state index is 12.6. The highest BCUT2D eigenvalue weighted by molar-refractivity contribution is 5.80. The first-order chi connectivity index (χ1) is 18.1.